The molecule has 0 saturated heterocycles. The van der Waals surface area contributed by atoms with Crippen molar-refractivity contribution in [3.8, 4) is 0 Å². The number of hydrogen-bond donors (Lipinski definition) is 1. The first-order valence-corrected chi connectivity index (χ1v) is 6.16. The normalized spacial score (nSPS) is 27.1. The van der Waals surface area contributed by atoms with Crippen LogP contribution in [-0.2, 0) is 9.53 Å². The number of esters is 1. The number of carbonyl (C=O) groups excluding carboxylic acids is 1. The van der Waals surface area contributed by atoms with E-state index in [2.05, 4.69) is 19.0 Å². The average Bonchev–Trinajstić information content (AvgIpc) is 2.67. The summed E-state index contributed by atoms with van der Waals surface area (Å²) < 4.78 is 5.16. The number of carbonyl (C=O) groups is 1. The van der Waals surface area contributed by atoms with Gasteiger partial charge in [-0.2, -0.15) is 0 Å². The summed E-state index contributed by atoms with van der Waals surface area (Å²) in [5.41, 5.74) is 0.866. The van der Waals surface area contributed by atoms with Crippen LogP contribution in [0.2, 0.25) is 0 Å². The highest BCUT2D eigenvalue weighted by molar-refractivity contribution is 5.82. The van der Waals surface area contributed by atoms with Crippen LogP contribution >= 0.6 is 0 Å². The molecular formula is C13H23NO3. The number of oxime groups is 1. The molecule has 1 aliphatic rings. The lowest BCUT2D eigenvalue weighted by Gasteiger charge is -2.08. The van der Waals surface area contributed by atoms with E-state index in [0.29, 0.717) is 18.3 Å². The first-order valence-electron chi connectivity index (χ1n) is 6.16. The Kier molecular flexibility index (Phi) is 4.17. The van der Waals surface area contributed by atoms with Gasteiger partial charge in [0, 0.05) is 6.42 Å². The van der Waals surface area contributed by atoms with Crippen LogP contribution in [0.15, 0.2) is 5.16 Å². The van der Waals surface area contributed by atoms with E-state index in [0.717, 1.165) is 12.1 Å². The van der Waals surface area contributed by atoms with Crippen LogP contribution in [0.3, 0.4) is 0 Å². The second-order valence-corrected chi connectivity index (χ2v) is 5.82. The van der Waals surface area contributed by atoms with Gasteiger partial charge in [0.1, 0.15) is 0 Å². The minimum atomic E-state index is -0.126. The lowest BCUT2D eigenvalue weighted by Crippen LogP contribution is -2.12. The molecule has 0 aromatic rings. The maximum absolute atomic E-state index is 11.6. The first-order chi connectivity index (χ1) is 7.78. The molecule has 0 aromatic carbocycles. The van der Waals surface area contributed by atoms with Crippen LogP contribution in [-0.4, -0.2) is 23.0 Å². The van der Waals surface area contributed by atoms with Crippen LogP contribution in [0.5, 0.6) is 0 Å². The Labute approximate surface area is 103 Å². The number of nitrogens with zero attached hydrogens (tertiary/aromatic N) is 1. The second-order valence-electron chi connectivity index (χ2n) is 5.82. The maximum atomic E-state index is 11.6. The zero-order valence-electron chi connectivity index (χ0n) is 11.4. The van der Waals surface area contributed by atoms with E-state index >= 15 is 0 Å². The third kappa shape index (κ3) is 3.45. The van der Waals surface area contributed by atoms with Crippen molar-refractivity contribution in [2.24, 2.45) is 22.4 Å². The van der Waals surface area contributed by atoms with Crippen molar-refractivity contribution in [3.63, 3.8) is 0 Å². The summed E-state index contributed by atoms with van der Waals surface area (Å²) in [7, 11) is 0. The van der Waals surface area contributed by atoms with E-state index in [1.807, 2.05) is 13.8 Å². The van der Waals surface area contributed by atoms with E-state index in [1.165, 1.54) is 0 Å². The molecule has 1 aliphatic carbocycles. The standard InChI is InChI=1S/C13H23NO3/c1-8(2)17-12(15)7-11-10(13(11,4)5)6-9(3)14-16/h8,10-11,16H,6-7H2,1-5H3/b14-9+. The van der Waals surface area contributed by atoms with Gasteiger partial charge < -0.3 is 9.94 Å². The fraction of sp³-hybridized carbons (Fsp3) is 0.846. The van der Waals surface area contributed by atoms with E-state index in [-0.39, 0.29) is 17.5 Å². The van der Waals surface area contributed by atoms with Gasteiger partial charge in [-0.05, 0) is 44.4 Å². The van der Waals surface area contributed by atoms with Crippen molar-refractivity contribution < 1.29 is 14.7 Å². The van der Waals surface area contributed by atoms with Gasteiger partial charge in [-0.15, -0.1) is 0 Å². The summed E-state index contributed by atoms with van der Waals surface area (Å²) in [6.45, 7) is 9.81. The van der Waals surface area contributed by atoms with Crippen LogP contribution in [0, 0.1) is 17.3 Å². The van der Waals surface area contributed by atoms with Crippen LogP contribution in [0.4, 0.5) is 0 Å². The minimum Gasteiger partial charge on any atom is -0.463 e. The Morgan fingerprint density at radius 1 is 1.35 bits per heavy atom. The van der Waals surface area contributed by atoms with Gasteiger partial charge in [0.15, 0.2) is 0 Å². The van der Waals surface area contributed by atoms with Crippen molar-refractivity contribution >= 4 is 11.7 Å². The molecule has 0 bridgehead atoms. The van der Waals surface area contributed by atoms with E-state index in [4.69, 9.17) is 9.94 Å². The third-order valence-electron chi connectivity index (χ3n) is 3.73. The first kappa shape index (κ1) is 14.0. The molecule has 1 fully saturated rings. The van der Waals surface area contributed by atoms with Gasteiger partial charge in [0.05, 0.1) is 11.8 Å². The summed E-state index contributed by atoms with van der Waals surface area (Å²) >= 11 is 0. The topological polar surface area (TPSA) is 58.9 Å². The molecule has 1 N–H and O–H groups in total. The Balaban J connectivity index is 2.48. The summed E-state index contributed by atoms with van der Waals surface area (Å²) in [4.78, 5) is 11.6. The summed E-state index contributed by atoms with van der Waals surface area (Å²) in [6.07, 6.45) is 1.17. The Bertz CT molecular complexity index is 321. The van der Waals surface area contributed by atoms with Crippen molar-refractivity contribution in [2.45, 2.75) is 53.6 Å². The molecule has 0 amide bonds. The second kappa shape index (κ2) is 5.07. The summed E-state index contributed by atoms with van der Waals surface area (Å²) in [6, 6.07) is 0. The molecule has 2 atom stereocenters. The number of ether oxygens (including phenoxy) is 1. The lowest BCUT2D eigenvalue weighted by molar-refractivity contribution is -0.148. The molecule has 0 radical (unpaired) electrons. The number of hydrogen-bond acceptors (Lipinski definition) is 4. The van der Waals surface area contributed by atoms with E-state index in [1.54, 1.807) is 6.92 Å². The zero-order chi connectivity index (χ0) is 13.2. The highest BCUT2D eigenvalue weighted by Gasteiger charge is 2.57. The van der Waals surface area contributed by atoms with E-state index in [9.17, 15) is 4.79 Å². The maximum Gasteiger partial charge on any atom is 0.306 e. The molecule has 0 aromatic heterocycles. The molecule has 17 heavy (non-hydrogen) atoms. The van der Waals surface area contributed by atoms with Gasteiger partial charge in [-0.25, -0.2) is 0 Å². The van der Waals surface area contributed by atoms with Gasteiger partial charge in [-0.3, -0.25) is 4.79 Å². The van der Waals surface area contributed by atoms with Crippen molar-refractivity contribution in [2.75, 3.05) is 0 Å². The molecule has 1 saturated carbocycles. The minimum absolute atomic E-state index is 0.0523. The summed E-state index contributed by atoms with van der Waals surface area (Å²) in [5, 5.41) is 11.9. The van der Waals surface area contributed by atoms with Gasteiger partial charge in [0.2, 0.25) is 0 Å². The smallest absolute Gasteiger partial charge is 0.306 e. The van der Waals surface area contributed by atoms with E-state index < -0.39 is 0 Å². The Morgan fingerprint density at radius 2 is 1.88 bits per heavy atom. The van der Waals surface area contributed by atoms with Gasteiger partial charge in [0.25, 0.3) is 0 Å². The average molecular weight is 241 g/mol. The molecule has 4 nitrogen and oxygen atoms in total. The molecule has 0 heterocycles. The third-order valence-corrected chi connectivity index (χ3v) is 3.73. The Morgan fingerprint density at radius 3 is 2.35 bits per heavy atom. The van der Waals surface area contributed by atoms with Crippen LogP contribution in [0.1, 0.15) is 47.5 Å². The Hall–Kier alpha value is -1.06. The SMILES string of the molecule is C/C(CC1C(CC(=O)OC(C)C)C1(C)C)=N\O. The van der Waals surface area contributed by atoms with Crippen LogP contribution in [0.25, 0.3) is 0 Å². The summed E-state index contributed by atoms with van der Waals surface area (Å²) in [5.74, 6) is 0.628. The quantitative estimate of drug-likeness (QED) is 0.348. The largest absolute Gasteiger partial charge is 0.463 e. The monoisotopic (exact) mass is 241 g/mol. The van der Waals surface area contributed by atoms with Crippen molar-refractivity contribution in [3.05, 3.63) is 0 Å². The fourth-order valence-corrected chi connectivity index (χ4v) is 2.52. The van der Waals surface area contributed by atoms with Crippen LogP contribution < -0.4 is 0 Å². The molecule has 0 aliphatic heterocycles. The molecule has 98 valence electrons. The van der Waals surface area contributed by atoms with Crippen molar-refractivity contribution in [1.82, 2.24) is 0 Å². The molecular weight excluding hydrogens is 218 g/mol. The predicted octanol–water partition coefficient (Wildman–Crippen LogP) is 2.84. The fourth-order valence-electron chi connectivity index (χ4n) is 2.52. The predicted molar refractivity (Wildman–Crippen MR) is 66.1 cm³/mol. The highest BCUT2D eigenvalue weighted by Crippen LogP contribution is 2.61. The molecule has 1 rings (SSSR count). The molecule has 4 heteroatoms. The van der Waals surface area contributed by atoms with Crippen molar-refractivity contribution in [1.29, 1.82) is 0 Å². The number of rotatable bonds is 5. The molecule has 0 spiro atoms. The lowest BCUT2D eigenvalue weighted by atomic mass is 10.1. The highest BCUT2D eigenvalue weighted by atomic mass is 16.5. The van der Waals surface area contributed by atoms with Gasteiger partial charge >= 0.3 is 5.97 Å². The van der Waals surface area contributed by atoms with Gasteiger partial charge in [-0.1, -0.05) is 19.0 Å². The molecule has 2 unspecified atom stereocenters. The zero-order valence-corrected chi connectivity index (χ0v) is 11.4.